The van der Waals surface area contributed by atoms with Crippen LogP contribution in [0.2, 0.25) is 0 Å². The molecule has 2 aromatic rings. The maximum atomic E-state index is 11.3. The number of ether oxygens (including phenoxy) is 1. The maximum Gasteiger partial charge on any atom is 0.339 e. The summed E-state index contributed by atoms with van der Waals surface area (Å²) in [5.74, 6) is -0.175. The van der Waals surface area contributed by atoms with Crippen LogP contribution < -0.4 is 10.1 Å². The molecule has 0 aliphatic heterocycles. The monoisotopic (exact) mass is 263 g/mol. The van der Waals surface area contributed by atoms with Gasteiger partial charge in [-0.1, -0.05) is 12.1 Å². The largest absolute Gasteiger partial charge is 0.497 e. The molecular formula is C13H13NO3S. The van der Waals surface area contributed by atoms with E-state index in [1.807, 2.05) is 29.6 Å². The third kappa shape index (κ3) is 2.17. The molecule has 0 saturated carbocycles. The third-order valence-corrected chi connectivity index (χ3v) is 3.63. The summed E-state index contributed by atoms with van der Waals surface area (Å²) in [4.78, 5) is 11.3. The second kappa shape index (κ2) is 5.10. The average molecular weight is 263 g/mol. The molecule has 0 fully saturated rings. The number of carbonyl (C=O) groups is 1. The van der Waals surface area contributed by atoms with E-state index in [1.165, 1.54) is 11.3 Å². The van der Waals surface area contributed by atoms with Crippen molar-refractivity contribution in [3.63, 3.8) is 0 Å². The van der Waals surface area contributed by atoms with Gasteiger partial charge in [0.1, 0.15) is 16.3 Å². The Hall–Kier alpha value is -2.01. The molecule has 94 valence electrons. The van der Waals surface area contributed by atoms with E-state index in [0.29, 0.717) is 10.6 Å². The summed E-state index contributed by atoms with van der Waals surface area (Å²) >= 11 is 1.39. The lowest BCUT2D eigenvalue weighted by Gasteiger charge is -2.04. The van der Waals surface area contributed by atoms with Crippen LogP contribution in [0.25, 0.3) is 11.1 Å². The SMILES string of the molecule is CNc1scc(-c2ccc(OC)cc2)c1C(=O)O. The van der Waals surface area contributed by atoms with Crippen LogP contribution in [0.1, 0.15) is 10.4 Å². The van der Waals surface area contributed by atoms with E-state index in [2.05, 4.69) is 5.32 Å². The molecule has 0 aliphatic carbocycles. The predicted octanol–water partition coefficient (Wildman–Crippen LogP) is 3.16. The molecule has 18 heavy (non-hydrogen) atoms. The molecule has 0 amide bonds. The first-order valence-electron chi connectivity index (χ1n) is 5.34. The number of carboxylic acid groups (broad SMARTS) is 1. The van der Waals surface area contributed by atoms with Crippen LogP contribution in [0.3, 0.4) is 0 Å². The Labute approximate surface area is 109 Å². The molecule has 0 bridgehead atoms. The summed E-state index contributed by atoms with van der Waals surface area (Å²) in [6, 6.07) is 7.34. The lowest BCUT2D eigenvalue weighted by molar-refractivity contribution is 0.0699. The van der Waals surface area contributed by atoms with Gasteiger partial charge in [0, 0.05) is 18.0 Å². The van der Waals surface area contributed by atoms with Crippen LogP contribution in [0.15, 0.2) is 29.6 Å². The van der Waals surface area contributed by atoms with Gasteiger partial charge in [0.25, 0.3) is 0 Å². The summed E-state index contributed by atoms with van der Waals surface area (Å²) in [5.41, 5.74) is 1.90. The summed E-state index contributed by atoms with van der Waals surface area (Å²) in [6.07, 6.45) is 0. The highest BCUT2D eigenvalue weighted by atomic mass is 32.1. The number of hydrogen-bond donors (Lipinski definition) is 2. The van der Waals surface area contributed by atoms with Crippen molar-refractivity contribution in [2.45, 2.75) is 0 Å². The number of hydrogen-bond acceptors (Lipinski definition) is 4. The maximum absolute atomic E-state index is 11.3. The van der Waals surface area contributed by atoms with Gasteiger partial charge in [0.15, 0.2) is 0 Å². The van der Waals surface area contributed by atoms with E-state index in [9.17, 15) is 9.90 Å². The van der Waals surface area contributed by atoms with Crippen LogP contribution in [-0.4, -0.2) is 25.2 Å². The quantitative estimate of drug-likeness (QED) is 0.889. The van der Waals surface area contributed by atoms with E-state index in [4.69, 9.17) is 4.74 Å². The fourth-order valence-corrected chi connectivity index (χ4v) is 2.66. The number of rotatable bonds is 4. The highest BCUT2D eigenvalue weighted by Crippen LogP contribution is 2.35. The molecule has 5 heteroatoms. The van der Waals surface area contributed by atoms with E-state index in [-0.39, 0.29) is 0 Å². The van der Waals surface area contributed by atoms with Gasteiger partial charge in [-0.15, -0.1) is 11.3 Å². The summed E-state index contributed by atoms with van der Waals surface area (Å²) in [5, 5.41) is 14.7. The molecule has 0 aliphatic rings. The number of thiophene rings is 1. The number of nitrogens with one attached hydrogen (secondary N) is 1. The molecule has 1 aromatic carbocycles. The molecule has 1 aromatic heterocycles. The molecule has 0 atom stereocenters. The van der Waals surface area contributed by atoms with E-state index >= 15 is 0 Å². The number of benzene rings is 1. The van der Waals surface area contributed by atoms with Gasteiger partial charge >= 0.3 is 5.97 Å². The fourth-order valence-electron chi connectivity index (χ4n) is 1.74. The molecule has 4 nitrogen and oxygen atoms in total. The Morgan fingerprint density at radius 2 is 2.00 bits per heavy atom. The Bertz CT molecular complexity index is 560. The summed E-state index contributed by atoms with van der Waals surface area (Å²) < 4.78 is 5.08. The molecular weight excluding hydrogens is 250 g/mol. The minimum absolute atomic E-state index is 0.313. The predicted molar refractivity (Wildman–Crippen MR) is 72.8 cm³/mol. The van der Waals surface area contributed by atoms with Crippen LogP contribution in [0, 0.1) is 0 Å². The van der Waals surface area contributed by atoms with Crippen LogP contribution in [-0.2, 0) is 0 Å². The van der Waals surface area contributed by atoms with Gasteiger partial charge < -0.3 is 15.2 Å². The van der Waals surface area contributed by atoms with Gasteiger partial charge in [-0.2, -0.15) is 0 Å². The zero-order valence-corrected chi connectivity index (χ0v) is 10.9. The number of aromatic carboxylic acids is 1. The standard InChI is InChI=1S/C13H13NO3S/c1-14-12-11(13(15)16)10(7-18-12)8-3-5-9(17-2)6-4-8/h3-7,14H,1-2H3,(H,15,16). The third-order valence-electron chi connectivity index (χ3n) is 2.63. The summed E-state index contributed by atoms with van der Waals surface area (Å²) in [6.45, 7) is 0. The van der Waals surface area contributed by atoms with Crippen molar-refractivity contribution in [1.82, 2.24) is 0 Å². The molecule has 2 rings (SSSR count). The van der Waals surface area contributed by atoms with Gasteiger partial charge in [0.05, 0.1) is 7.11 Å². The van der Waals surface area contributed by atoms with E-state index in [0.717, 1.165) is 16.9 Å². The van der Waals surface area contributed by atoms with Crippen molar-refractivity contribution in [2.24, 2.45) is 0 Å². The van der Waals surface area contributed by atoms with Crippen molar-refractivity contribution in [3.8, 4) is 16.9 Å². The highest BCUT2D eigenvalue weighted by molar-refractivity contribution is 7.15. The number of anilines is 1. The molecule has 0 radical (unpaired) electrons. The normalized spacial score (nSPS) is 10.1. The summed E-state index contributed by atoms with van der Waals surface area (Å²) in [7, 11) is 3.32. The Morgan fingerprint density at radius 1 is 1.33 bits per heavy atom. The van der Waals surface area contributed by atoms with E-state index < -0.39 is 5.97 Å². The zero-order valence-electron chi connectivity index (χ0n) is 10.1. The zero-order chi connectivity index (χ0) is 13.1. The minimum atomic E-state index is -0.925. The second-order valence-electron chi connectivity index (χ2n) is 3.64. The molecule has 1 heterocycles. The van der Waals surface area contributed by atoms with Crippen LogP contribution in [0.4, 0.5) is 5.00 Å². The Kier molecular flexibility index (Phi) is 3.53. The fraction of sp³-hybridized carbons (Fsp3) is 0.154. The minimum Gasteiger partial charge on any atom is -0.497 e. The first kappa shape index (κ1) is 12.4. The van der Waals surface area contributed by atoms with Gasteiger partial charge in [0.2, 0.25) is 0 Å². The van der Waals surface area contributed by atoms with Crippen molar-refractivity contribution in [2.75, 3.05) is 19.5 Å². The van der Waals surface area contributed by atoms with Crippen molar-refractivity contribution in [3.05, 3.63) is 35.2 Å². The smallest absolute Gasteiger partial charge is 0.339 e. The second-order valence-corrected chi connectivity index (χ2v) is 4.52. The van der Waals surface area contributed by atoms with Crippen LogP contribution in [0.5, 0.6) is 5.75 Å². The van der Waals surface area contributed by atoms with Crippen molar-refractivity contribution in [1.29, 1.82) is 0 Å². The average Bonchev–Trinajstić information content (AvgIpc) is 2.82. The van der Waals surface area contributed by atoms with Crippen molar-refractivity contribution < 1.29 is 14.6 Å². The molecule has 0 saturated heterocycles. The Balaban J connectivity index is 2.49. The number of carboxylic acids is 1. The van der Waals surface area contributed by atoms with Gasteiger partial charge in [-0.05, 0) is 17.7 Å². The topological polar surface area (TPSA) is 58.6 Å². The van der Waals surface area contributed by atoms with Crippen LogP contribution >= 0.6 is 11.3 Å². The van der Waals surface area contributed by atoms with E-state index in [1.54, 1.807) is 14.2 Å². The highest BCUT2D eigenvalue weighted by Gasteiger charge is 2.18. The lowest BCUT2D eigenvalue weighted by Crippen LogP contribution is -2.00. The number of methoxy groups -OCH3 is 1. The first-order chi connectivity index (χ1) is 8.67. The lowest BCUT2D eigenvalue weighted by atomic mass is 10.0. The molecule has 2 N–H and O–H groups in total. The van der Waals surface area contributed by atoms with Crippen molar-refractivity contribution >= 4 is 22.3 Å². The van der Waals surface area contributed by atoms with Gasteiger partial charge in [-0.25, -0.2) is 4.79 Å². The van der Waals surface area contributed by atoms with Gasteiger partial charge in [-0.3, -0.25) is 0 Å². The molecule has 0 spiro atoms. The first-order valence-corrected chi connectivity index (χ1v) is 6.22. The molecule has 0 unspecified atom stereocenters. The Morgan fingerprint density at radius 3 is 2.50 bits per heavy atom.